The first-order chi connectivity index (χ1) is 18.9. The lowest BCUT2D eigenvalue weighted by Crippen LogP contribution is -2.45. The van der Waals surface area contributed by atoms with Crippen molar-refractivity contribution in [1.29, 1.82) is 0 Å². The summed E-state index contributed by atoms with van der Waals surface area (Å²) in [5, 5.41) is 24.0. The molecule has 5 rings (SSSR count). The van der Waals surface area contributed by atoms with Crippen molar-refractivity contribution in [3.8, 4) is 5.88 Å². The average molecular weight is 552 g/mol. The number of aryl methyl sites for hydroxylation is 1. The average Bonchev–Trinajstić information content (AvgIpc) is 3.22. The largest absolute Gasteiger partial charge is 0.478 e. The van der Waals surface area contributed by atoms with Gasteiger partial charge in [0.1, 0.15) is 0 Å². The summed E-state index contributed by atoms with van der Waals surface area (Å²) >= 11 is 6.04. The van der Waals surface area contributed by atoms with E-state index in [0.717, 1.165) is 42.7 Å². The third-order valence-corrected chi connectivity index (χ3v) is 7.65. The van der Waals surface area contributed by atoms with Crippen molar-refractivity contribution in [2.24, 2.45) is 5.92 Å². The molecule has 1 aromatic carbocycles. The molecule has 1 saturated carbocycles. The van der Waals surface area contributed by atoms with E-state index in [4.69, 9.17) is 21.4 Å². The molecule has 39 heavy (non-hydrogen) atoms. The number of rotatable bonds is 9. The van der Waals surface area contributed by atoms with E-state index in [1.165, 1.54) is 0 Å². The number of aliphatic hydroxyl groups excluding tert-OH is 2. The molecule has 1 fully saturated rings. The number of carbonyl (C=O) groups excluding carboxylic acids is 1. The molecule has 2 aliphatic rings. The number of carbonyl (C=O) groups is 1. The number of pyridine rings is 2. The van der Waals surface area contributed by atoms with E-state index >= 15 is 0 Å². The number of nitrogens with one attached hydrogen (secondary N) is 1. The standard InChI is InChI=1S/C29H34ClN5O4/c1-19-24(15-21(30)16-31-19)28(37)33-22-9-7-20(8-10-22)18-34-25-5-2-3-6-26(25)35(29(34)38)23-11-12-27(32-17-23)39-14-4-13-36/h2-3,5-6,11-12,15-17,20,22,29,36,38H,4,7-10,13-14,18H2,1H3,(H,33,37)/t20-,22-,29?. The summed E-state index contributed by atoms with van der Waals surface area (Å²) in [6, 6.07) is 13.4. The maximum Gasteiger partial charge on any atom is 0.253 e. The highest BCUT2D eigenvalue weighted by Gasteiger charge is 2.37. The first-order valence-electron chi connectivity index (χ1n) is 13.4. The Morgan fingerprint density at radius 3 is 2.59 bits per heavy atom. The number of ether oxygens (including phenoxy) is 1. The summed E-state index contributed by atoms with van der Waals surface area (Å²) in [7, 11) is 0. The number of para-hydroxylation sites is 2. The topological polar surface area (TPSA) is 111 Å². The van der Waals surface area contributed by atoms with Crippen molar-refractivity contribution in [1.82, 2.24) is 15.3 Å². The molecule has 0 spiro atoms. The molecule has 2 aromatic heterocycles. The van der Waals surface area contributed by atoms with E-state index in [1.807, 2.05) is 47.1 Å². The molecule has 3 heterocycles. The molecule has 9 nitrogen and oxygen atoms in total. The Balaban J connectivity index is 1.21. The van der Waals surface area contributed by atoms with Gasteiger partial charge in [-0.15, -0.1) is 0 Å². The molecule has 1 unspecified atom stereocenters. The van der Waals surface area contributed by atoms with Gasteiger partial charge >= 0.3 is 0 Å². The van der Waals surface area contributed by atoms with Crippen LogP contribution in [0.25, 0.3) is 0 Å². The molecular formula is C29H34ClN5O4. The van der Waals surface area contributed by atoms with E-state index in [0.29, 0.717) is 47.7 Å². The summed E-state index contributed by atoms with van der Waals surface area (Å²) in [5.41, 5.74) is 3.85. The second kappa shape index (κ2) is 12.2. The number of halogens is 1. The van der Waals surface area contributed by atoms with Crippen LogP contribution in [0.2, 0.25) is 5.02 Å². The lowest BCUT2D eigenvalue weighted by atomic mass is 9.85. The van der Waals surface area contributed by atoms with Gasteiger partial charge in [-0.25, -0.2) is 4.98 Å². The van der Waals surface area contributed by atoms with Gasteiger partial charge in [0.05, 0.1) is 46.1 Å². The van der Waals surface area contributed by atoms with Gasteiger partial charge in [-0.2, -0.15) is 0 Å². The Hall–Kier alpha value is -3.40. The second-order valence-corrected chi connectivity index (χ2v) is 10.6. The third-order valence-electron chi connectivity index (χ3n) is 7.45. The molecule has 0 bridgehead atoms. The lowest BCUT2D eigenvalue weighted by molar-refractivity contribution is 0.0920. The van der Waals surface area contributed by atoms with Crippen LogP contribution in [0.4, 0.5) is 17.1 Å². The fourth-order valence-electron chi connectivity index (χ4n) is 5.37. The molecule has 0 saturated heterocycles. The summed E-state index contributed by atoms with van der Waals surface area (Å²) in [6.07, 6.45) is 6.58. The minimum atomic E-state index is -0.860. The Morgan fingerprint density at radius 2 is 1.87 bits per heavy atom. The van der Waals surface area contributed by atoms with Crippen LogP contribution in [0.1, 0.15) is 48.2 Å². The van der Waals surface area contributed by atoms with E-state index < -0.39 is 6.35 Å². The van der Waals surface area contributed by atoms with Gasteiger partial charge in [0.15, 0.2) is 0 Å². The van der Waals surface area contributed by atoms with Crippen molar-refractivity contribution in [3.63, 3.8) is 0 Å². The highest BCUT2D eigenvalue weighted by Crippen LogP contribution is 2.44. The van der Waals surface area contributed by atoms with Crippen LogP contribution in [-0.4, -0.2) is 58.2 Å². The maximum atomic E-state index is 12.8. The number of fused-ring (bicyclic) bond motifs is 1. The number of aliphatic hydroxyl groups is 2. The monoisotopic (exact) mass is 551 g/mol. The quantitative estimate of drug-likeness (QED) is 0.335. The molecule has 206 valence electrons. The fourth-order valence-corrected chi connectivity index (χ4v) is 5.53. The van der Waals surface area contributed by atoms with Crippen molar-refractivity contribution in [2.45, 2.75) is 51.4 Å². The van der Waals surface area contributed by atoms with Gasteiger partial charge in [0.2, 0.25) is 12.2 Å². The van der Waals surface area contributed by atoms with Crippen LogP contribution in [-0.2, 0) is 0 Å². The predicted molar refractivity (Wildman–Crippen MR) is 151 cm³/mol. The van der Waals surface area contributed by atoms with Gasteiger partial charge in [-0.3, -0.25) is 14.7 Å². The van der Waals surface area contributed by atoms with Gasteiger partial charge in [-0.1, -0.05) is 23.7 Å². The van der Waals surface area contributed by atoms with E-state index in [9.17, 15) is 9.90 Å². The van der Waals surface area contributed by atoms with Crippen LogP contribution in [0.3, 0.4) is 0 Å². The summed E-state index contributed by atoms with van der Waals surface area (Å²) in [6.45, 7) is 2.99. The first kappa shape index (κ1) is 27.2. The van der Waals surface area contributed by atoms with Crippen LogP contribution >= 0.6 is 11.6 Å². The molecule has 0 radical (unpaired) electrons. The number of benzene rings is 1. The van der Waals surface area contributed by atoms with Gasteiger partial charge < -0.3 is 25.2 Å². The molecule has 1 atom stereocenters. The van der Waals surface area contributed by atoms with E-state index in [1.54, 1.807) is 24.5 Å². The molecule has 1 amide bonds. The molecular weight excluding hydrogens is 518 g/mol. The zero-order chi connectivity index (χ0) is 27.4. The SMILES string of the molecule is Cc1ncc(Cl)cc1C(=O)N[C@H]1CC[C@H](CN2c3ccccc3N(c3ccc(OCCCO)nc3)C2O)CC1. The van der Waals surface area contributed by atoms with Gasteiger partial charge in [0, 0.05) is 37.9 Å². The molecule has 3 aromatic rings. The Bertz CT molecular complexity index is 1280. The Labute approximate surface area is 233 Å². The smallest absolute Gasteiger partial charge is 0.253 e. The van der Waals surface area contributed by atoms with Crippen LogP contribution in [0, 0.1) is 12.8 Å². The van der Waals surface area contributed by atoms with E-state index in [2.05, 4.69) is 15.3 Å². The van der Waals surface area contributed by atoms with Crippen LogP contribution < -0.4 is 19.9 Å². The zero-order valence-electron chi connectivity index (χ0n) is 22.0. The Morgan fingerprint density at radius 1 is 1.10 bits per heavy atom. The van der Waals surface area contributed by atoms with Crippen molar-refractivity contribution >= 4 is 34.6 Å². The number of aromatic nitrogens is 2. The normalized spacial score (nSPS) is 20.6. The Kier molecular flexibility index (Phi) is 8.50. The molecule has 10 heteroatoms. The molecule has 3 N–H and O–H groups in total. The highest BCUT2D eigenvalue weighted by atomic mass is 35.5. The van der Waals surface area contributed by atoms with Crippen molar-refractivity contribution < 1.29 is 19.7 Å². The number of nitrogens with zero attached hydrogens (tertiary/aromatic N) is 4. The number of amides is 1. The first-order valence-corrected chi connectivity index (χ1v) is 13.8. The number of hydrogen-bond acceptors (Lipinski definition) is 8. The molecule has 1 aliphatic heterocycles. The maximum absolute atomic E-state index is 12.8. The number of hydrogen-bond donors (Lipinski definition) is 3. The predicted octanol–water partition coefficient (Wildman–Crippen LogP) is 4.42. The molecule has 1 aliphatic carbocycles. The van der Waals surface area contributed by atoms with Crippen molar-refractivity contribution in [2.75, 3.05) is 29.6 Å². The van der Waals surface area contributed by atoms with Gasteiger partial charge in [0.25, 0.3) is 5.91 Å². The summed E-state index contributed by atoms with van der Waals surface area (Å²) in [5.74, 6) is 0.733. The third kappa shape index (κ3) is 6.11. The summed E-state index contributed by atoms with van der Waals surface area (Å²) in [4.78, 5) is 25.3. The van der Waals surface area contributed by atoms with Gasteiger partial charge in [-0.05, 0) is 62.8 Å². The highest BCUT2D eigenvalue weighted by molar-refractivity contribution is 6.30. The second-order valence-electron chi connectivity index (χ2n) is 10.1. The van der Waals surface area contributed by atoms with Crippen LogP contribution in [0.15, 0.2) is 54.9 Å². The zero-order valence-corrected chi connectivity index (χ0v) is 22.7. The minimum Gasteiger partial charge on any atom is -0.478 e. The van der Waals surface area contributed by atoms with Crippen LogP contribution in [0.5, 0.6) is 5.88 Å². The van der Waals surface area contributed by atoms with E-state index in [-0.39, 0.29) is 18.6 Å². The van der Waals surface area contributed by atoms with Crippen molar-refractivity contribution in [3.05, 3.63) is 71.1 Å². The lowest BCUT2D eigenvalue weighted by Gasteiger charge is -2.34. The summed E-state index contributed by atoms with van der Waals surface area (Å²) < 4.78 is 5.55. The number of anilines is 3. The fraction of sp³-hybridized carbons (Fsp3) is 0.414. The minimum absolute atomic E-state index is 0.0708.